The van der Waals surface area contributed by atoms with Gasteiger partial charge in [-0.1, -0.05) is 0 Å². The summed E-state index contributed by atoms with van der Waals surface area (Å²) in [5, 5.41) is 11.6. The molecule has 1 aliphatic rings. The maximum Gasteiger partial charge on any atom is 0.186 e. The predicted octanol–water partition coefficient (Wildman–Crippen LogP) is 5.63. The summed E-state index contributed by atoms with van der Waals surface area (Å²) in [5.41, 5.74) is 0.520. The van der Waals surface area contributed by atoms with Gasteiger partial charge in [-0.2, -0.15) is 0 Å². The third-order valence-electron chi connectivity index (χ3n) is 4.36. The lowest BCUT2D eigenvalue weighted by Crippen LogP contribution is -2.43. The molecule has 0 aliphatic heterocycles. The van der Waals surface area contributed by atoms with Gasteiger partial charge in [-0.3, -0.25) is 4.84 Å². The first kappa shape index (κ1) is 19.0. The van der Waals surface area contributed by atoms with Crippen LogP contribution in [0.5, 0.6) is 0 Å². The van der Waals surface area contributed by atoms with Gasteiger partial charge in [0.2, 0.25) is 0 Å². The van der Waals surface area contributed by atoms with Gasteiger partial charge < -0.3 is 5.11 Å². The Kier molecular flexibility index (Phi) is 5.67. The fourth-order valence-corrected chi connectivity index (χ4v) is 3.66. The molecule has 0 aromatic heterocycles. The minimum atomic E-state index is -1.01. The first-order valence-electron chi connectivity index (χ1n) is 7.86. The van der Waals surface area contributed by atoms with Gasteiger partial charge >= 0.3 is 0 Å². The predicted molar refractivity (Wildman–Crippen MR) is 105 cm³/mol. The number of aliphatic hydroxyl groups is 1. The van der Waals surface area contributed by atoms with Gasteiger partial charge in [-0.15, -0.1) is 0 Å². The van der Waals surface area contributed by atoms with Crippen molar-refractivity contribution in [2.75, 3.05) is 11.7 Å². The zero-order valence-corrected chi connectivity index (χ0v) is 17.3. The number of rotatable bonds is 5. The van der Waals surface area contributed by atoms with Crippen LogP contribution >= 0.6 is 38.5 Å². The number of anilines is 2. The summed E-state index contributed by atoms with van der Waals surface area (Å²) in [5.74, 6) is -1.98. The van der Waals surface area contributed by atoms with E-state index in [0.717, 1.165) is 15.6 Å². The molecule has 3 nitrogen and oxygen atoms in total. The van der Waals surface area contributed by atoms with Crippen LogP contribution in [0.1, 0.15) is 24.8 Å². The lowest BCUT2D eigenvalue weighted by Gasteiger charge is -2.38. The normalized spacial score (nSPS) is 15.8. The second kappa shape index (κ2) is 7.46. The molecule has 1 N–H and O–H groups in total. The fraction of sp³-hybridized carbons (Fsp3) is 0.333. The summed E-state index contributed by atoms with van der Waals surface area (Å²) in [6.45, 7) is 1.90. The van der Waals surface area contributed by atoms with Crippen LogP contribution in [0.3, 0.4) is 0 Å². The van der Waals surface area contributed by atoms with Gasteiger partial charge in [-0.05, 0) is 101 Å². The second-order valence-electron chi connectivity index (χ2n) is 6.27. The van der Waals surface area contributed by atoms with Crippen molar-refractivity contribution in [2.24, 2.45) is 0 Å². The number of halogens is 4. The highest BCUT2D eigenvalue weighted by atomic mass is 127. The molecule has 134 valence electrons. The average molecular weight is 524 g/mol. The number of nitrogens with zero attached hydrogens (tertiary/aromatic N) is 1. The van der Waals surface area contributed by atoms with Crippen LogP contribution in [0.2, 0.25) is 0 Å². The minimum Gasteiger partial charge on any atom is -0.387 e. The van der Waals surface area contributed by atoms with Crippen molar-refractivity contribution in [1.82, 2.24) is 0 Å². The number of aryl methyl sites for hydroxylation is 1. The van der Waals surface area contributed by atoms with E-state index < -0.39 is 17.2 Å². The van der Waals surface area contributed by atoms with E-state index in [9.17, 15) is 13.9 Å². The lowest BCUT2D eigenvalue weighted by atomic mass is 9.81. The average Bonchev–Trinajstić information content (AvgIpc) is 2.54. The topological polar surface area (TPSA) is 32.7 Å². The fourth-order valence-electron chi connectivity index (χ4n) is 2.70. The van der Waals surface area contributed by atoms with Crippen LogP contribution in [-0.4, -0.2) is 17.3 Å². The standard InChI is InChI=1S/C18H17BrF2INO2/c1-11-9-12(22)3-5-14(11)23(25-10-18(24)7-2-8-18)15-6-4-13(19)16(20)17(15)21/h3-6,9,24H,2,7-8,10H2,1H3. The first-order valence-corrected chi connectivity index (χ1v) is 9.73. The van der Waals surface area contributed by atoms with Crippen molar-refractivity contribution in [3.63, 3.8) is 0 Å². The van der Waals surface area contributed by atoms with E-state index in [4.69, 9.17) is 4.84 Å². The van der Waals surface area contributed by atoms with Gasteiger partial charge in [0.1, 0.15) is 12.3 Å². The summed E-state index contributed by atoms with van der Waals surface area (Å²) in [6.07, 6.45) is 2.22. The van der Waals surface area contributed by atoms with Crippen LogP contribution in [0, 0.1) is 22.1 Å². The molecule has 1 aliphatic carbocycles. The van der Waals surface area contributed by atoms with E-state index in [0.29, 0.717) is 18.5 Å². The van der Waals surface area contributed by atoms with Crippen molar-refractivity contribution in [1.29, 1.82) is 0 Å². The molecule has 0 radical (unpaired) electrons. The summed E-state index contributed by atoms with van der Waals surface area (Å²) in [7, 11) is 0. The SMILES string of the molecule is Cc1cc(I)ccc1N(OCC1(O)CCC1)c1ccc(Br)c(F)c1F. The number of hydrogen-bond acceptors (Lipinski definition) is 3. The Morgan fingerprint density at radius 1 is 1.20 bits per heavy atom. The summed E-state index contributed by atoms with van der Waals surface area (Å²) in [6, 6.07) is 8.47. The quantitative estimate of drug-likeness (QED) is 0.313. The molecule has 25 heavy (non-hydrogen) atoms. The summed E-state index contributed by atoms with van der Waals surface area (Å²) in [4.78, 5) is 5.78. The van der Waals surface area contributed by atoms with Crippen molar-refractivity contribution in [2.45, 2.75) is 31.8 Å². The maximum absolute atomic E-state index is 14.5. The van der Waals surface area contributed by atoms with Crippen molar-refractivity contribution in [3.05, 3.63) is 55.6 Å². The lowest BCUT2D eigenvalue weighted by molar-refractivity contribution is -0.0962. The molecular weight excluding hydrogens is 507 g/mol. The van der Waals surface area contributed by atoms with Crippen molar-refractivity contribution in [3.8, 4) is 0 Å². The Morgan fingerprint density at radius 2 is 1.88 bits per heavy atom. The minimum absolute atomic E-state index is 0.0234. The molecular formula is C18H17BrF2INO2. The van der Waals surface area contributed by atoms with Crippen molar-refractivity contribution < 1.29 is 18.7 Å². The highest BCUT2D eigenvalue weighted by Gasteiger charge is 2.36. The van der Waals surface area contributed by atoms with Crippen molar-refractivity contribution >= 4 is 49.9 Å². The Balaban J connectivity index is 2.00. The third-order valence-corrected chi connectivity index (χ3v) is 5.64. The van der Waals surface area contributed by atoms with Crippen LogP contribution < -0.4 is 5.06 Å². The largest absolute Gasteiger partial charge is 0.387 e. The van der Waals surface area contributed by atoms with E-state index in [1.54, 1.807) is 6.07 Å². The Morgan fingerprint density at radius 3 is 2.48 bits per heavy atom. The molecule has 0 unspecified atom stereocenters. The zero-order chi connectivity index (χ0) is 18.2. The van der Waals surface area contributed by atoms with Gasteiger partial charge in [0.15, 0.2) is 11.6 Å². The molecule has 7 heteroatoms. The molecule has 0 atom stereocenters. The van der Waals surface area contributed by atoms with E-state index >= 15 is 0 Å². The number of benzene rings is 2. The van der Waals surface area contributed by atoms with E-state index in [-0.39, 0.29) is 16.8 Å². The summed E-state index contributed by atoms with van der Waals surface area (Å²) >= 11 is 5.17. The molecule has 0 amide bonds. The Labute approximate surface area is 167 Å². The Hall–Kier alpha value is -0.770. The van der Waals surface area contributed by atoms with Gasteiger partial charge in [0, 0.05) is 3.57 Å². The smallest absolute Gasteiger partial charge is 0.186 e. The Bertz CT molecular complexity index is 799. The van der Waals surface area contributed by atoms with Gasteiger partial charge in [-0.25, -0.2) is 13.8 Å². The van der Waals surface area contributed by atoms with Crippen LogP contribution in [0.15, 0.2) is 34.8 Å². The number of hydrogen-bond donors (Lipinski definition) is 1. The van der Waals surface area contributed by atoms with Gasteiger partial charge in [0.05, 0.1) is 15.8 Å². The van der Waals surface area contributed by atoms with Gasteiger partial charge in [0.25, 0.3) is 0 Å². The highest BCUT2D eigenvalue weighted by Crippen LogP contribution is 2.37. The van der Waals surface area contributed by atoms with E-state index in [2.05, 4.69) is 38.5 Å². The molecule has 0 saturated heterocycles. The molecule has 1 saturated carbocycles. The molecule has 0 bridgehead atoms. The highest BCUT2D eigenvalue weighted by molar-refractivity contribution is 14.1. The molecule has 3 rings (SSSR count). The zero-order valence-electron chi connectivity index (χ0n) is 13.5. The maximum atomic E-state index is 14.5. The summed E-state index contributed by atoms with van der Waals surface area (Å²) < 4.78 is 29.6. The second-order valence-corrected chi connectivity index (χ2v) is 8.37. The molecule has 2 aromatic carbocycles. The molecule has 0 heterocycles. The molecule has 1 fully saturated rings. The molecule has 0 spiro atoms. The monoisotopic (exact) mass is 523 g/mol. The van der Waals surface area contributed by atoms with E-state index in [1.165, 1.54) is 17.2 Å². The van der Waals surface area contributed by atoms with Crippen LogP contribution in [-0.2, 0) is 4.84 Å². The van der Waals surface area contributed by atoms with Crippen LogP contribution in [0.25, 0.3) is 0 Å². The third kappa shape index (κ3) is 3.99. The molecule has 2 aromatic rings. The van der Waals surface area contributed by atoms with Crippen LogP contribution in [0.4, 0.5) is 20.2 Å². The van der Waals surface area contributed by atoms with E-state index in [1.807, 2.05) is 19.1 Å². The first-order chi connectivity index (χ1) is 11.8.